The predicted octanol–water partition coefficient (Wildman–Crippen LogP) is 5.01. The van der Waals surface area contributed by atoms with Gasteiger partial charge in [0.15, 0.2) is 0 Å². The van der Waals surface area contributed by atoms with E-state index in [1.807, 2.05) is 25.1 Å². The van der Waals surface area contributed by atoms with Crippen molar-refractivity contribution < 1.29 is 23.5 Å². The first-order valence-electron chi connectivity index (χ1n) is 13.4. The van der Waals surface area contributed by atoms with Gasteiger partial charge >= 0.3 is 0 Å². The van der Waals surface area contributed by atoms with Gasteiger partial charge in [-0.3, -0.25) is 14.4 Å². The minimum absolute atomic E-state index is 0.0681. The number of nitrogens with two attached hydrogens (primary N) is 1. The molecule has 2 aliphatic heterocycles. The molecule has 2 unspecified atom stereocenters. The Balaban J connectivity index is 1.54. The van der Waals surface area contributed by atoms with Crippen molar-refractivity contribution in [3.63, 3.8) is 0 Å². The molecule has 3 aromatic rings. The number of ether oxygens (including phenoxy) is 2. The number of nitrogens with one attached hydrogen (secondary N) is 1. The van der Waals surface area contributed by atoms with E-state index in [4.69, 9.17) is 26.8 Å². The second-order valence-electron chi connectivity index (χ2n) is 10.4. The predicted molar refractivity (Wildman–Crippen MR) is 150 cm³/mol. The molecule has 0 bridgehead atoms. The molecule has 8 nitrogen and oxygen atoms in total. The SMILES string of the molecule is CC1Cc2ccc(Cl)cc2-c2cc(=O)n(C(C[C@@H]3CCCCO3)C(=O)Nc3ccc(C(N)=O)c(F)c3)cc2CO1. The van der Waals surface area contributed by atoms with Crippen LogP contribution < -0.4 is 16.6 Å². The largest absolute Gasteiger partial charge is 0.378 e. The molecule has 1 saturated heterocycles. The molecule has 210 valence electrons. The van der Waals surface area contributed by atoms with Crippen molar-refractivity contribution in [3.05, 3.63) is 86.5 Å². The number of pyridine rings is 1. The van der Waals surface area contributed by atoms with Crippen LogP contribution in [0.1, 0.15) is 60.1 Å². The lowest BCUT2D eigenvalue weighted by Gasteiger charge is -2.29. The van der Waals surface area contributed by atoms with Crippen molar-refractivity contribution >= 4 is 29.1 Å². The van der Waals surface area contributed by atoms with Crippen LogP contribution in [0.3, 0.4) is 0 Å². The second-order valence-corrected chi connectivity index (χ2v) is 10.8. The number of carbonyl (C=O) groups excluding carboxylic acids is 2. The van der Waals surface area contributed by atoms with Crippen molar-refractivity contribution in [2.24, 2.45) is 5.73 Å². The van der Waals surface area contributed by atoms with Gasteiger partial charge in [0.1, 0.15) is 11.9 Å². The fourth-order valence-electron chi connectivity index (χ4n) is 5.39. The van der Waals surface area contributed by atoms with Crippen LogP contribution in [0.4, 0.5) is 10.1 Å². The number of benzene rings is 2. The molecular formula is C30H31ClFN3O5. The third-order valence-corrected chi connectivity index (χ3v) is 7.69. The van der Waals surface area contributed by atoms with E-state index in [0.717, 1.165) is 42.0 Å². The molecule has 0 aliphatic carbocycles. The summed E-state index contributed by atoms with van der Waals surface area (Å²) in [7, 11) is 0. The van der Waals surface area contributed by atoms with Crippen LogP contribution in [-0.4, -0.2) is 35.2 Å². The second kappa shape index (κ2) is 11.9. The van der Waals surface area contributed by atoms with E-state index in [9.17, 15) is 18.8 Å². The van der Waals surface area contributed by atoms with E-state index in [1.165, 1.54) is 22.8 Å². The number of anilines is 1. The first-order chi connectivity index (χ1) is 19.2. The number of nitrogens with zero attached hydrogens (tertiary/aromatic N) is 1. The van der Waals surface area contributed by atoms with E-state index >= 15 is 0 Å². The van der Waals surface area contributed by atoms with Crippen molar-refractivity contribution in [1.82, 2.24) is 4.57 Å². The Morgan fingerprint density at radius 3 is 2.65 bits per heavy atom. The molecule has 10 heteroatoms. The topological polar surface area (TPSA) is 113 Å². The van der Waals surface area contributed by atoms with Gasteiger partial charge in [-0.1, -0.05) is 17.7 Å². The van der Waals surface area contributed by atoms with Gasteiger partial charge in [-0.25, -0.2) is 4.39 Å². The van der Waals surface area contributed by atoms with Crippen molar-refractivity contribution in [2.75, 3.05) is 11.9 Å². The maximum Gasteiger partial charge on any atom is 0.251 e. The van der Waals surface area contributed by atoms with E-state index in [-0.39, 0.29) is 42.0 Å². The summed E-state index contributed by atoms with van der Waals surface area (Å²) in [5.41, 5.74) is 8.02. The number of hydrogen-bond acceptors (Lipinski definition) is 5. The summed E-state index contributed by atoms with van der Waals surface area (Å²) in [6, 6.07) is 9.83. The van der Waals surface area contributed by atoms with E-state index in [1.54, 1.807) is 6.20 Å². The Labute approximate surface area is 236 Å². The third kappa shape index (κ3) is 6.11. The average Bonchev–Trinajstić information content (AvgIpc) is 2.91. The van der Waals surface area contributed by atoms with E-state index < -0.39 is 23.7 Å². The zero-order valence-electron chi connectivity index (χ0n) is 22.1. The van der Waals surface area contributed by atoms with Crippen molar-refractivity contribution in [1.29, 1.82) is 0 Å². The van der Waals surface area contributed by atoms with Gasteiger partial charge in [0, 0.05) is 41.6 Å². The number of halogens is 2. The fourth-order valence-corrected chi connectivity index (χ4v) is 5.56. The summed E-state index contributed by atoms with van der Waals surface area (Å²) in [6.45, 7) is 2.82. The van der Waals surface area contributed by atoms with Crippen LogP contribution in [0, 0.1) is 5.82 Å². The molecule has 3 atom stereocenters. The number of rotatable bonds is 6. The molecule has 5 rings (SSSR count). The Bertz CT molecular complexity index is 1500. The monoisotopic (exact) mass is 567 g/mol. The molecule has 2 aliphatic rings. The standard InChI is InChI=1S/C30H31ClFN3O5/c1-17-10-18-5-6-20(31)11-24(18)25-14-28(36)35(15-19(25)16-40-17)27(13-22-4-2-3-9-39-22)30(38)34-21-7-8-23(29(33)37)26(32)12-21/h5-8,11-12,14-15,17,22,27H,2-4,9-10,13,16H2,1H3,(H2,33,37)(H,34,38)/t17?,22-,27?/m0/s1. The highest BCUT2D eigenvalue weighted by atomic mass is 35.5. The zero-order chi connectivity index (χ0) is 28.4. The van der Waals surface area contributed by atoms with Crippen LogP contribution >= 0.6 is 11.6 Å². The van der Waals surface area contributed by atoms with E-state index in [0.29, 0.717) is 23.6 Å². The summed E-state index contributed by atoms with van der Waals surface area (Å²) >= 11 is 6.33. The quantitative estimate of drug-likeness (QED) is 0.435. The van der Waals surface area contributed by atoms with Gasteiger partial charge in [0.25, 0.3) is 11.5 Å². The molecule has 2 aromatic carbocycles. The number of fused-ring (bicyclic) bond motifs is 3. The van der Waals surface area contributed by atoms with Crippen LogP contribution in [0.2, 0.25) is 5.02 Å². The maximum atomic E-state index is 14.4. The minimum Gasteiger partial charge on any atom is -0.378 e. The summed E-state index contributed by atoms with van der Waals surface area (Å²) < 4.78 is 27.8. The van der Waals surface area contributed by atoms with Gasteiger partial charge in [0.05, 0.1) is 24.4 Å². The molecule has 3 heterocycles. The summed E-state index contributed by atoms with van der Waals surface area (Å²) in [4.78, 5) is 38.7. The highest BCUT2D eigenvalue weighted by Crippen LogP contribution is 2.34. The van der Waals surface area contributed by atoms with Gasteiger partial charge in [0.2, 0.25) is 5.91 Å². The van der Waals surface area contributed by atoms with Crippen molar-refractivity contribution in [3.8, 4) is 11.1 Å². The molecule has 1 aromatic heterocycles. The van der Waals surface area contributed by atoms with E-state index in [2.05, 4.69) is 5.32 Å². The number of aromatic nitrogens is 1. The zero-order valence-corrected chi connectivity index (χ0v) is 22.9. The molecule has 3 N–H and O–H groups in total. The molecule has 0 saturated carbocycles. The normalized spacial score (nSPS) is 19.5. The summed E-state index contributed by atoms with van der Waals surface area (Å²) in [5, 5.41) is 3.26. The number of carbonyl (C=O) groups is 2. The van der Waals surface area contributed by atoms with Gasteiger partial charge in [-0.15, -0.1) is 0 Å². The van der Waals surface area contributed by atoms with Gasteiger partial charge in [-0.2, -0.15) is 0 Å². The Hall–Kier alpha value is -3.53. The first-order valence-corrected chi connectivity index (χ1v) is 13.7. The number of amides is 2. The molecular weight excluding hydrogens is 537 g/mol. The lowest BCUT2D eigenvalue weighted by molar-refractivity contribution is -0.121. The fraction of sp³-hybridized carbons (Fsp3) is 0.367. The molecule has 2 amide bonds. The van der Waals surface area contributed by atoms with Crippen molar-refractivity contribution in [2.45, 2.75) is 63.9 Å². The van der Waals surface area contributed by atoms with Crippen LogP contribution in [0.5, 0.6) is 0 Å². The Morgan fingerprint density at radius 2 is 1.93 bits per heavy atom. The lowest BCUT2D eigenvalue weighted by Crippen LogP contribution is -2.37. The number of primary amides is 1. The average molecular weight is 568 g/mol. The number of hydrogen-bond donors (Lipinski definition) is 2. The minimum atomic E-state index is -0.943. The Morgan fingerprint density at radius 1 is 1.12 bits per heavy atom. The third-order valence-electron chi connectivity index (χ3n) is 7.46. The molecule has 1 fully saturated rings. The maximum absolute atomic E-state index is 14.4. The highest BCUT2D eigenvalue weighted by Gasteiger charge is 2.29. The highest BCUT2D eigenvalue weighted by molar-refractivity contribution is 6.30. The molecule has 0 radical (unpaired) electrons. The summed E-state index contributed by atoms with van der Waals surface area (Å²) in [6.07, 6.45) is 4.97. The molecule has 40 heavy (non-hydrogen) atoms. The first kappa shape index (κ1) is 28.0. The summed E-state index contributed by atoms with van der Waals surface area (Å²) in [5.74, 6) is -2.26. The van der Waals surface area contributed by atoms with Crippen LogP contribution in [0.15, 0.2) is 53.5 Å². The molecule has 0 spiro atoms. The smallest absolute Gasteiger partial charge is 0.251 e. The van der Waals surface area contributed by atoms with Gasteiger partial charge in [-0.05, 0) is 79.6 Å². The lowest BCUT2D eigenvalue weighted by atomic mass is 9.92. The Kier molecular flexibility index (Phi) is 8.35. The van der Waals surface area contributed by atoms with Crippen LogP contribution in [0.25, 0.3) is 11.1 Å². The van der Waals surface area contributed by atoms with Gasteiger partial charge < -0.3 is 25.1 Å². The van der Waals surface area contributed by atoms with Crippen LogP contribution in [-0.2, 0) is 27.3 Å².